The maximum atomic E-state index is 10.5. The highest BCUT2D eigenvalue weighted by Gasteiger charge is 1.88. The van der Waals surface area contributed by atoms with E-state index in [0.29, 0.717) is 6.54 Å². The number of rotatable bonds is 5. The van der Waals surface area contributed by atoms with Crippen LogP contribution in [-0.4, -0.2) is 31.1 Å². The SMILES string of the molecule is COC(=O)/C=C/CSCCN. The average Bonchev–Trinajstić information content (AvgIpc) is 2.04. The van der Waals surface area contributed by atoms with Crippen molar-refractivity contribution in [3.05, 3.63) is 12.2 Å². The van der Waals surface area contributed by atoms with Crippen molar-refractivity contribution in [2.75, 3.05) is 25.2 Å². The first-order valence-electron chi connectivity index (χ1n) is 3.33. The van der Waals surface area contributed by atoms with Gasteiger partial charge < -0.3 is 10.5 Å². The van der Waals surface area contributed by atoms with E-state index >= 15 is 0 Å². The summed E-state index contributed by atoms with van der Waals surface area (Å²) in [7, 11) is 1.36. The zero-order chi connectivity index (χ0) is 8.53. The highest BCUT2D eigenvalue weighted by molar-refractivity contribution is 7.99. The number of carbonyl (C=O) groups is 1. The van der Waals surface area contributed by atoms with Crippen molar-refractivity contribution >= 4 is 17.7 Å². The highest BCUT2D eigenvalue weighted by atomic mass is 32.2. The Labute approximate surface area is 71.0 Å². The molecule has 11 heavy (non-hydrogen) atoms. The Kier molecular flexibility index (Phi) is 7.29. The smallest absolute Gasteiger partial charge is 0.330 e. The van der Waals surface area contributed by atoms with Gasteiger partial charge in [0.15, 0.2) is 0 Å². The molecule has 0 heterocycles. The van der Waals surface area contributed by atoms with E-state index in [2.05, 4.69) is 4.74 Å². The van der Waals surface area contributed by atoms with Gasteiger partial charge in [0, 0.05) is 24.1 Å². The fourth-order valence-corrected chi connectivity index (χ4v) is 1.01. The molecule has 0 atom stereocenters. The Balaban J connectivity index is 3.22. The summed E-state index contributed by atoms with van der Waals surface area (Å²) in [5.74, 6) is 1.43. The Hall–Kier alpha value is -0.480. The van der Waals surface area contributed by atoms with Gasteiger partial charge in [-0.2, -0.15) is 11.8 Å². The number of nitrogens with two attached hydrogens (primary N) is 1. The third-order valence-electron chi connectivity index (χ3n) is 0.931. The minimum atomic E-state index is -0.307. The van der Waals surface area contributed by atoms with Crippen LogP contribution in [0.4, 0.5) is 0 Å². The van der Waals surface area contributed by atoms with E-state index in [1.165, 1.54) is 13.2 Å². The standard InChI is InChI=1S/C7H13NO2S/c1-10-7(9)3-2-5-11-6-4-8/h2-3H,4-6,8H2,1H3/b3-2+. The first-order chi connectivity index (χ1) is 5.31. The molecule has 0 spiro atoms. The van der Waals surface area contributed by atoms with Gasteiger partial charge >= 0.3 is 5.97 Å². The maximum Gasteiger partial charge on any atom is 0.330 e. The average molecular weight is 175 g/mol. The van der Waals surface area contributed by atoms with E-state index in [-0.39, 0.29) is 5.97 Å². The Morgan fingerprint density at radius 3 is 3.00 bits per heavy atom. The van der Waals surface area contributed by atoms with Gasteiger partial charge in [-0.1, -0.05) is 6.08 Å². The lowest BCUT2D eigenvalue weighted by Gasteiger charge is -1.92. The summed E-state index contributed by atoms with van der Waals surface area (Å²) < 4.78 is 4.40. The molecule has 0 bridgehead atoms. The number of carbonyl (C=O) groups excluding carboxylic acids is 1. The summed E-state index contributed by atoms with van der Waals surface area (Å²) in [4.78, 5) is 10.5. The molecule has 0 amide bonds. The van der Waals surface area contributed by atoms with Crippen LogP contribution in [0.15, 0.2) is 12.2 Å². The monoisotopic (exact) mass is 175 g/mol. The molecule has 0 saturated heterocycles. The quantitative estimate of drug-likeness (QED) is 0.373. The van der Waals surface area contributed by atoms with Crippen molar-refractivity contribution in [1.29, 1.82) is 0 Å². The van der Waals surface area contributed by atoms with Crippen LogP contribution in [0, 0.1) is 0 Å². The molecule has 0 aromatic carbocycles. The van der Waals surface area contributed by atoms with Gasteiger partial charge in [0.25, 0.3) is 0 Å². The van der Waals surface area contributed by atoms with E-state index in [9.17, 15) is 4.79 Å². The zero-order valence-electron chi connectivity index (χ0n) is 6.58. The molecule has 0 aromatic rings. The third-order valence-corrected chi connectivity index (χ3v) is 1.88. The van der Waals surface area contributed by atoms with Crippen LogP contribution in [0.1, 0.15) is 0 Å². The van der Waals surface area contributed by atoms with Crippen LogP contribution >= 0.6 is 11.8 Å². The van der Waals surface area contributed by atoms with E-state index in [1.54, 1.807) is 17.8 Å². The van der Waals surface area contributed by atoms with Gasteiger partial charge in [0.1, 0.15) is 0 Å². The topological polar surface area (TPSA) is 52.3 Å². The summed E-state index contributed by atoms with van der Waals surface area (Å²) in [6, 6.07) is 0. The minimum Gasteiger partial charge on any atom is -0.466 e. The molecule has 2 N–H and O–H groups in total. The molecule has 0 rings (SSSR count). The summed E-state index contributed by atoms with van der Waals surface area (Å²) in [5, 5.41) is 0. The van der Waals surface area contributed by atoms with Crippen LogP contribution in [0.25, 0.3) is 0 Å². The molecule has 0 aliphatic rings. The van der Waals surface area contributed by atoms with Gasteiger partial charge in [0.2, 0.25) is 0 Å². The van der Waals surface area contributed by atoms with Crippen LogP contribution in [0.3, 0.4) is 0 Å². The van der Waals surface area contributed by atoms with E-state index in [4.69, 9.17) is 5.73 Å². The molecule has 0 fully saturated rings. The lowest BCUT2D eigenvalue weighted by Crippen LogP contribution is -2.01. The van der Waals surface area contributed by atoms with Crippen molar-refractivity contribution in [1.82, 2.24) is 0 Å². The van der Waals surface area contributed by atoms with Crippen molar-refractivity contribution in [2.24, 2.45) is 5.73 Å². The van der Waals surface area contributed by atoms with Crippen molar-refractivity contribution in [2.45, 2.75) is 0 Å². The molecule has 0 saturated carbocycles. The van der Waals surface area contributed by atoms with Gasteiger partial charge in [-0.3, -0.25) is 0 Å². The second-order valence-electron chi connectivity index (χ2n) is 1.79. The molecular formula is C7H13NO2S. The fraction of sp³-hybridized carbons (Fsp3) is 0.571. The zero-order valence-corrected chi connectivity index (χ0v) is 7.39. The lowest BCUT2D eigenvalue weighted by atomic mass is 10.5. The summed E-state index contributed by atoms with van der Waals surface area (Å²) in [5.41, 5.74) is 5.26. The normalized spacial score (nSPS) is 10.4. The van der Waals surface area contributed by atoms with Crippen LogP contribution < -0.4 is 5.73 Å². The summed E-state index contributed by atoms with van der Waals surface area (Å²) >= 11 is 1.69. The van der Waals surface area contributed by atoms with Gasteiger partial charge in [-0.25, -0.2) is 4.79 Å². The third kappa shape index (κ3) is 7.42. The predicted molar refractivity (Wildman–Crippen MR) is 47.5 cm³/mol. The molecule has 0 aromatic heterocycles. The minimum absolute atomic E-state index is 0.307. The molecule has 0 unspecified atom stereocenters. The number of hydrogen-bond acceptors (Lipinski definition) is 4. The highest BCUT2D eigenvalue weighted by Crippen LogP contribution is 1.97. The van der Waals surface area contributed by atoms with Crippen LogP contribution in [-0.2, 0) is 9.53 Å². The number of methoxy groups -OCH3 is 1. The van der Waals surface area contributed by atoms with Crippen molar-refractivity contribution in [3.63, 3.8) is 0 Å². The Bertz CT molecular complexity index is 136. The Morgan fingerprint density at radius 1 is 1.73 bits per heavy atom. The predicted octanol–water partition coefficient (Wildman–Crippen LogP) is 0.408. The molecule has 0 aliphatic carbocycles. The fourth-order valence-electron chi connectivity index (χ4n) is 0.447. The summed E-state index contributed by atoms with van der Waals surface area (Å²) in [6.07, 6.45) is 3.19. The van der Waals surface area contributed by atoms with E-state index in [0.717, 1.165) is 11.5 Å². The van der Waals surface area contributed by atoms with E-state index < -0.39 is 0 Å². The number of thioether (sulfide) groups is 1. The van der Waals surface area contributed by atoms with Gasteiger partial charge in [-0.15, -0.1) is 0 Å². The largest absolute Gasteiger partial charge is 0.466 e. The number of esters is 1. The van der Waals surface area contributed by atoms with Crippen LogP contribution in [0.5, 0.6) is 0 Å². The molecule has 4 heteroatoms. The van der Waals surface area contributed by atoms with Gasteiger partial charge in [-0.05, 0) is 0 Å². The molecule has 0 radical (unpaired) electrons. The van der Waals surface area contributed by atoms with Gasteiger partial charge in [0.05, 0.1) is 7.11 Å². The number of ether oxygens (including phenoxy) is 1. The summed E-state index contributed by atoms with van der Waals surface area (Å²) in [6.45, 7) is 0.677. The first kappa shape index (κ1) is 10.5. The maximum absolute atomic E-state index is 10.5. The van der Waals surface area contributed by atoms with Crippen LogP contribution in [0.2, 0.25) is 0 Å². The first-order valence-corrected chi connectivity index (χ1v) is 4.49. The second-order valence-corrected chi connectivity index (χ2v) is 2.94. The Morgan fingerprint density at radius 2 is 2.45 bits per heavy atom. The van der Waals surface area contributed by atoms with Crippen molar-refractivity contribution < 1.29 is 9.53 Å². The van der Waals surface area contributed by atoms with Crippen molar-refractivity contribution in [3.8, 4) is 0 Å². The lowest BCUT2D eigenvalue weighted by molar-refractivity contribution is -0.134. The molecule has 3 nitrogen and oxygen atoms in total. The second kappa shape index (κ2) is 7.63. The molecular weight excluding hydrogens is 162 g/mol. The molecule has 64 valence electrons. The van der Waals surface area contributed by atoms with E-state index in [1.807, 2.05) is 0 Å². The molecule has 0 aliphatic heterocycles. The number of hydrogen-bond donors (Lipinski definition) is 1.